The zero-order valence-electron chi connectivity index (χ0n) is 14.0. The first-order valence-electron chi connectivity index (χ1n) is 7.59. The Morgan fingerprint density at radius 1 is 1.21 bits per heavy atom. The molecule has 0 bridgehead atoms. The van der Waals surface area contributed by atoms with Crippen molar-refractivity contribution in [2.75, 3.05) is 13.7 Å². The van der Waals surface area contributed by atoms with Crippen LogP contribution in [0.2, 0.25) is 5.02 Å². The van der Waals surface area contributed by atoms with Crippen LogP contribution in [-0.4, -0.2) is 37.6 Å². The van der Waals surface area contributed by atoms with Crippen LogP contribution in [-0.2, 0) is 30.3 Å². The van der Waals surface area contributed by atoms with E-state index in [0.29, 0.717) is 17.0 Å². The highest BCUT2D eigenvalue weighted by Gasteiger charge is 2.23. The molecule has 0 saturated heterocycles. The number of nitrogens with one attached hydrogen (secondary N) is 1. The van der Waals surface area contributed by atoms with E-state index in [1.807, 2.05) is 13.8 Å². The molecule has 24 heavy (non-hydrogen) atoms. The van der Waals surface area contributed by atoms with Gasteiger partial charge in [-0.2, -0.15) is 0 Å². The predicted molar refractivity (Wildman–Crippen MR) is 89.5 cm³/mol. The number of halogens is 1. The number of amides is 1. The fourth-order valence-electron chi connectivity index (χ4n) is 2.06. The maximum Gasteiger partial charge on any atom is 0.328 e. The highest BCUT2D eigenvalue weighted by molar-refractivity contribution is 6.31. The van der Waals surface area contributed by atoms with Crippen molar-refractivity contribution in [3.63, 3.8) is 0 Å². The quantitative estimate of drug-likeness (QED) is 0.722. The first kappa shape index (κ1) is 20.0. The van der Waals surface area contributed by atoms with Crippen molar-refractivity contribution in [1.82, 2.24) is 5.32 Å². The Balaban J connectivity index is 2.48. The Labute approximate surface area is 146 Å². The topological polar surface area (TPSA) is 81.7 Å². The SMILES string of the molecule is COC(=O)C(CC(C)C)NC(=O)COC(=O)Cc1ccccc1Cl. The lowest BCUT2D eigenvalue weighted by atomic mass is 10.0. The third kappa shape index (κ3) is 7.00. The Hall–Kier alpha value is -2.08. The van der Waals surface area contributed by atoms with E-state index in [2.05, 4.69) is 10.1 Å². The van der Waals surface area contributed by atoms with E-state index in [0.717, 1.165) is 0 Å². The minimum Gasteiger partial charge on any atom is -0.467 e. The van der Waals surface area contributed by atoms with Gasteiger partial charge in [-0.25, -0.2) is 4.79 Å². The number of hydrogen-bond donors (Lipinski definition) is 1. The van der Waals surface area contributed by atoms with E-state index in [4.69, 9.17) is 16.3 Å². The molecule has 0 saturated carbocycles. The van der Waals surface area contributed by atoms with E-state index in [1.54, 1.807) is 24.3 Å². The molecule has 1 atom stereocenters. The molecule has 1 amide bonds. The first-order valence-corrected chi connectivity index (χ1v) is 7.97. The van der Waals surface area contributed by atoms with E-state index >= 15 is 0 Å². The number of esters is 2. The molecule has 0 spiro atoms. The van der Waals surface area contributed by atoms with Gasteiger partial charge >= 0.3 is 11.9 Å². The van der Waals surface area contributed by atoms with Gasteiger partial charge in [0.25, 0.3) is 5.91 Å². The summed E-state index contributed by atoms with van der Waals surface area (Å²) in [6.07, 6.45) is 0.408. The molecular weight excluding hydrogens is 334 g/mol. The highest BCUT2D eigenvalue weighted by Crippen LogP contribution is 2.15. The van der Waals surface area contributed by atoms with Crippen molar-refractivity contribution in [1.29, 1.82) is 0 Å². The molecule has 0 aromatic heterocycles. The Morgan fingerprint density at radius 2 is 1.88 bits per heavy atom. The summed E-state index contributed by atoms with van der Waals surface area (Å²) in [4.78, 5) is 35.3. The van der Waals surface area contributed by atoms with Crippen LogP contribution in [0.25, 0.3) is 0 Å². The molecule has 6 nitrogen and oxygen atoms in total. The molecule has 0 aliphatic heterocycles. The third-order valence-corrected chi connectivity index (χ3v) is 3.55. The number of carbonyl (C=O) groups excluding carboxylic acids is 3. The second kappa shape index (κ2) is 9.93. The number of methoxy groups -OCH3 is 1. The molecule has 1 rings (SSSR count). The van der Waals surface area contributed by atoms with Gasteiger partial charge < -0.3 is 14.8 Å². The zero-order chi connectivity index (χ0) is 18.1. The van der Waals surface area contributed by atoms with E-state index in [-0.39, 0.29) is 12.3 Å². The molecule has 0 aliphatic rings. The Bertz CT molecular complexity index is 588. The van der Waals surface area contributed by atoms with Gasteiger partial charge in [-0.05, 0) is 24.0 Å². The normalized spacial score (nSPS) is 11.7. The molecule has 0 heterocycles. The van der Waals surface area contributed by atoms with Gasteiger partial charge in [0.2, 0.25) is 0 Å². The number of benzene rings is 1. The lowest BCUT2D eigenvalue weighted by molar-refractivity contribution is -0.150. The molecule has 1 unspecified atom stereocenters. The minimum absolute atomic E-state index is 0.0284. The van der Waals surface area contributed by atoms with Gasteiger partial charge in [-0.3, -0.25) is 9.59 Å². The summed E-state index contributed by atoms with van der Waals surface area (Å²) in [6, 6.07) is 6.13. The number of rotatable bonds is 8. The molecule has 0 fully saturated rings. The molecule has 1 N–H and O–H groups in total. The second-order valence-electron chi connectivity index (χ2n) is 5.70. The van der Waals surface area contributed by atoms with Gasteiger partial charge in [0.05, 0.1) is 13.5 Å². The summed E-state index contributed by atoms with van der Waals surface area (Å²) in [5.41, 5.74) is 0.622. The lowest BCUT2D eigenvalue weighted by Crippen LogP contribution is -2.44. The third-order valence-electron chi connectivity index (χ3n) is 3.18. The first-order chi connectivity index (χ1) is 11.3. The summed E-state index contributed by atoms with van der Waals surface area (Å²) >= 11 is 5.96. The molecular formula is C17H22ClNO5. The van der Waals surface area contributed by atoms with Crippen LogP contribution in [0.5, 0.6) is 0 Å². The highest BCUT2D eigenvalue weighted by atomic mass is 35.5. The molecule has 7 heteroatoms. The molecule has 132 valence electrons. The van der Waals surface area contributed by atoms with Crippen LogP contribution in [0.15, 0.2) is 24.3 Å². The summed E-state index contributed by atoms with van der Waals surface area (Å²) in [5.74, 6) is -1.47. The van der Waals surface area contributed by atoms with Crippen LogP contribution < -0.4 is 5.32 Å². The van der Waals surface area contributed by atoms with Crippen molar-refractivity contribution in [3.05, 3.63) is 34.9 Å². The van der Waals surface area contributed by atoms with Crippen LogP contribution in [0.4, 0.5) is 0 Å². The zero-order valence-corrected chi connectivity index (χ0v) is 14.8. The Kier molecular flexibility index (Phi) is 8.26. The van der Waals surface area contributed by atoms with E-state index < -0.39 is 30.5 Å². The largest absolute Gasteiger partial charge is 0.467 e. The van der Waals surface area contributed by atoms with Gasteiger partial charge in [0.15, 0.2) is 6.61 Å². The number of carbonyl (C=O) groups is 3. The Morgan fingerprint density at radius 3 is 2.46 bits per heavy atom. The van der Waals surface area contributed by atoms with Gasteiger partial charge in [-0.15, -0.1) is 0 Å². The van der Waals surface area contributed by atoms with Crippen molar-refractivity contribution >= 4 is 29.4 Å². The second-order valence-corrected chi connectivity index (χ2v) is 6.11. The van der Waals surface area contributed by atoms with Crippen LogP contribution in [0.3, 0.4) is 0 Å². The maximum absolute atomic E-state index is 11.9. The fourth-order valence-corrected chi connectivity index (χ4v) is 2.26. The maximum atomic E-state index is 11.9. The summed E-state index contributed by atoms with van der Waals surface area (Å²) in [7, 11) is 1.26. The minimum atomic E-state index is -0.759. The van der Waals surface area contributed by atoms with Crippen molar-refractivity contribution in [3.8, 4) is 0 Å². The van der Waals surface area contributed by atoms with Crippen molar-refractivity contribution in [2.45, 2.75) is 32.7 Å². The number of hydrogen-bond acceptors (Lipinski definition) is 5. The summed E-state index contributed by atoms with van der Waals surface area (Å²) in [6.45, 7) is 3.38. The summed E-state index contributed by atoms with van der Waals surface area (Å²) in [5, 5.41) is 2.97. The standard InChI is InChI=1S/C17H22ClNO5/c1-11(2)8-14(17(22)23-3)19-15(20)10-24-16(21)9-12-6-4-5-7-13(12)18/h4-7,11,14H,8-10H2,1-3H3,(H,19,20). The van der Waals surface area contributed by atoms with E-state index in [1.165, 1.54) is 7.11 Å². The van der Waals surface area contributed by atoms with Crippen molar-refractivity contribution in [2.24, 2.45) is 5.92 Å². The van der Waals surface area contributed by atoms with Crippen LogP contribution >= 0.6 is 11.6 Å². The molecule has 1 aromatic rings. The summed E-state index contributed by atoms with van der Waals surface area (Å²) < 4.78 is 9.58. The average molecular weight is 356 g/mol. The molecule has 0 radical (unpaired) electrons. The smallest absolute Gasteiger partial charge is 0.328 e. The van der Waals surface area contributed by atoms with Crippen LogP contribution in [0, 0.1) is 5.92 Å². The van der Waals surface area contributed by atoms with Crippen LogP contribution in [0.1, 0.15) is 25.8 Å². The van der Waals surface area contributed by atoms with Gasteiger partial charge in [0, 0.05) is 5.02 Å². The fraction of sp³-hybridized carbons (Fsp3) is 0.471. The average Bonchev–Trinajstić information content (AvgIpc) is 2.53. The van der Waals surface area contributed by atoms with E-state index in [9.17, 15) is 14.4 Å². The van der Waals surface area contributed by atoms with Crippen molar-refractivity contribution < 1.29 is 23.9 Å². The molecule has 0 aliphatic carbocycles. The monoisotopic (exact) mass is 355 g/mol. The molecule has 1 aromatic carbocycles. The number of ether oxygens (including phenoxy) is 2. The lowest BCUT2D eigenvalue weighted by Gasteiger charge is -2.18. The van der Waals surface area contributed by atoms with Gasteiger partial charge in [0.1, 0.15) is 6.04 Å². The van der Waals surface area contributed by atoms with Gasteiger partial charge in [-0.1, -0.05) is 43.6 Å². The predicted octanol–water partition coefficient (Wildman–Crippen LogP) is 2.13.